The zero-order valence-corrected chi connectivity index (χ0v) is 15.1. The highest BCUT2D eigenvalue weighted by Gasteiger charge is 2.17. The Morgan fingerprint density at radius 3 is 2.33 bits per heavy atom. The van der Waals surface area contributed by atoms with Crippen LogP contribution in [-0.2, 0) is 6.61 Å². The zero-order chi connectivity index (χ0) is 19.2. The predicted molar refractivity (Wildman–Crippen MR) is 95.6 cm³/mol. The quantitative estimate of drug-likeness (QED) is 0.558. The molecule has 0 N–H and O–H groups in total. The highest BCUT2D eigenvalue weighted by molar-refractivity contribution is 5.79. The van der Waals surface area contributed by atoms with Gasteiger partial charge >= 0.3 is 0 Å². The average Bonchev–Trinajstić information content (AvgIpc) is 3.20. The van der Waals surface area contributed by atoms with Gasteiger partial charge in [0, 0.05) is 5.56 Å². The largest absolute Gasteiger partial charge is 0.493 e. The third kappa shape index (κ3) is 3.84. The molecule has 0 aliphatic rings. The molecule has 8 nitrogen and oxygen atoms in total. The van der Waals surface area contributed by atoms with Gasteiger partial charge in [0.1, 0.15) is 5.75 Å². The molecule has 8 heteroatoms. The molecule has 0 amide bonds. The molecule has 0 aliphatic carbocycles. The fourth-order valence-corrected chi connectivity index (χ4v) is 2.49. The van der Waals surface area contributed by atoms with Crippen LogP contribution in [0.3, 0.4) is 0 Å². The molecule has 3 rings (SSSR count). The number of hydrogen-bond acceptors (Lipinski definition) is 8. The van der Waals surface area contributed by atoms with Gasteiger partial charge in [0.15, 0.2) is 24.4 Å². The Labute approximate surface area is 155 Å². The van der Waals surface area contributed by atoms with E-state index >= 15 is 0 Å². The Bertz CT molecular complexity index is 912. The van der Waals surface area contributed by atoms with Gasteiger partial charge in [-0.3, -0.25) is 4.79 Å². The minimum Gasteiger partial charge on any atom is -0.493 e. The van der Waals surface area contributed by atoms with E-state index in [2.05, 4.69) is 10.1 Å². The second-order valence-electron chi connectivity index (χ2n) is 5.37. The number of methoxy groups -OCH3 is 3. The summed E-state index contributed by atoms with van der Waals surface area (Å²) in [5.41, 5.74) is 1.08. The number of aromatic nitrogens is 2. The molecule has 0 fully saturated rings. The summed E-state index contributed by atoms with van der Waals surface area (Å²) >= 11 is 0. The number of ether oxygens (including phenoxy) is 4. The number of para-hydroxylation sites is 1. The number of carbonyl (C=O) groups excluding carboxylic acids is 1. The first-order valence-corrected chi connectivity index (χ1v) is 8.00. The van der Waals surface area contributed by atoms with Crippen LogP contribution in [0.5, 0.6) is 23.0 Å². The van der Waals surface area contributed by atoms with Crippen molar-refractivity contribution in [3.63, 3.8) is 0 Å². The summed E-state index contributed by atoms with van der Waals surface area (Å²) < 4.78 is 26.8. The lowest BCUT2D eigenvalue weighted by Crippen LogP contribution is -1.98. The van der Waals surface area contributed by atoms with Gasteiger partial charge in [0.2, 0.25) is 11.6 Å². The molecule has 0 saturated carbocycles. The topological polar surface area (TPSA) is 92.9 Å². The van der Waals surface area contributed by atoms with E-state index in [1.54, 1.807) is 36.4 Å². The Morgan fingerprint density at radius 2 is 1.70 bits per heavy atom. The van der Waals surface area contributed by atoms with Crippen molar-refractivity contribution in [3.05, 3.63) is 47.9 Å². The SMILES string of the molecule is COc1cc(-c2noc(COc3ccccc3C=O)n2)cc(OC)c1OC. The predicted octanol–water partition coefficient (Wildman–Crippen LogP) is 3.15. The second kappa shape index (κ2) is 8.22. The Morgan fingerprint density at radius 1 is 1.00 bits per heavy atom. The molecular formula is C19H18N2O6. The highest BCUT2D eigenvalue weighted by Crippen LogP contribution is 2.40. The molecule has 0 spiro atoms. The van der Waals surface area contributed by atoms with E-state index in [1.165, 1.54) is 21.3 Å². The van der Waals surface area contributed by atoms with E-state index in [1.807, 2.05) is 0 Å². The first-order chi connectivity index (χ1) is 13.2. The van der Waals surface area contributed by atoms with Gasteiger partial charge in [-0.05, 0) is 24.3 Å². The minimum absolute atomic E-state index is 0.0300. The van der Waals surface area contributed by atoms with Gasteiger partial charge in [0.05, 0.1) is 26.9 Å². The second-order valence-corrected chi connectivity index (χ2v) is 5.37. The lowest BCUT2D eigenvalue weighted by atomic mass is 10.1. The van der Waals surface area contributed by atoms with Gasteiger partial charge in [-0.15, -0.1) is 0 Å². The van der Waals surface area contributed by atoms with E-state index < -0.39 is 0 Å². The number of carbonyl (C=O) groups is 1. The Balaban J connectivity index is 1.82. The third-order valence-corrected chi connectivity index (χ3v) is 3.79. The van der Waals surface area contributed by atoms with Crippen molar-refractivity contribution >= 4 is 6.29 Å². The van der Waals surface area contributed by atoms with Crippen LogP contribution >= 0.6 is 0 Å². The molecule has 1 heterocycles. The van der Waals surface area contributed by atoms with Crippen LogP contribution in [0.15, 0.2) is 40.9 Å². The van der Waals surface area contributed by atoms with Crippen LogP contribution in [0.4, 0.5) is 0 Å². The highest BCUT2D eigenvalue weighted by atomic mass is 16.5. The fraction of sp³-hybridized carbons (Fsp3) is 0.211. The number of hydrogen-bond donors (Lipinski definition) is 0. The molecule has 140 valence electrons. The summed E-state index contributed by atoms with van der Waals surface area (Å²) in [5.74, 6) is 2.49. The van der Waals surface area contributed by atoms with E-state index in [0.717, 1.165) is 6.29 Å². The lowest BCUT2D eigenvalue weighted by Gasteiger charge is -2.12. The smallest absolute Gasteiger partial charge is 0.264 e. The van der Waals surface area contributed by atoms with E-state index in [0.29, 0.717) is 39.9 Å². The number of aldehydes is 1. The van der Waals surface area contributed by atoms with Crippen molar-refractivity contribution in [3.8, 4) is 34.4 Å². The van der Waals surface area contributed by atoms with Crippen molar-refractivity contribution in [2.75, 3.05) is 21.3 Å². The number of benzene rings is 2. The summed E-state index contributed by atoms with van der Waals surface area (Å²) in [6.07, 6.45) is 0.727. The Kier molecular flexibility index (Phi) is 5.55. The van der Waals surface area contributed by atoms with Crippen LogP contribution in [0, 0.1) is 0 Å². The summed E-state index contributed by atoms with van der Waals surface area (Å²) in [7, 11) is 4.59. The summed E-state index contributed by atoms with van der Waals surface area (Å²) in [5, 5.41) is 3.96. The van der Waals surface area contributed by atoms with Gasteiger partial charge in [0.25, 0.3) is 5.89 Å². The van der Waals surface area contributed by atoms with Crippen molar-refractivity contribution in [2.24, 2.45) is 0 Å². The molecule has 0 bridgehead atoms. The van der Waals surface area contributed by atoms with E-state index in [4.69, 9.17) is 23.5 Å². The first-order valence-electron chi connectivity index (χ1n) is 8.00. The maximum Gasteiger partial charge on any atom is 0.264 e. The third-order valence-electron chi connectivity index (χ3n) is 3.79. The molecule has 0 unspecified atom stereocenters. The maximum atomic E-state index is 11.0. The molecule has 0 aliphatic heterocycles. The summed E-state index contributed by atoms with van der Waals surface area (Å²) in [6.45, 7) is 0.0300. The number of nitrogens with zero attached hydrogens (tertiary/aromatic N) is 2. The minimum atomic E-state index is 0.0300. The van der Waals surface area contributed by atoms with Gasteiger partial charge < -0.3 is 23.5 Å². The standard InChI is InChI=1S/C19H18N2O6/c1-23-15-8-13(9-16(24-2)18(15)25-3)19-20-17(27-21-19)11-26-14-7-5-4-6-12(14)10-22/h4-10H,11H2,1-3H3. The maximum absolute atomic E-state index is 11.0. The molecule has 3 aromatic rings. The molecule has 1 aromatic heterocycles. The molecule has 0 saturated heterocycles. The van der Waals surface area contributed by atoms with Crippen LogP contribution in [0.25, 0.3) is 11.4 Å². The van der Waals surface area contributed by atoms with Crippen molar-refractivity contribution in [1.82, 2.24) is 10.1 Å². The summed E-state index contributed by atoms with van der Waals surface area (Å²) in [6, 6.07) is 10.3. The normalized spacial score (nSPS) is 10.3. The van der Waals surface area contributed by atoms with Gasteiger partial charge in [-0.25, -0.2) is 0 Å². The first kappa shape index (κ1) is 18.2. The van der Waals surface area contributed by atoms with Crippen molar-refractivity contribution in [2.45, 2.75) is 6.61 Å². The molecule has 2 aromatic carbocycles. The van der Waals surface area contributed by atoms with Crippen LogP contribution < -0.4 is 18.9 Å². The van der Waals surface area contributed by atoms with E-state index in [-0.39, 0.29) is 12.5 Å². The Hall–Kier alpha value is -3.55. The van der Waals surface area contributed by atoms with Crippen LogP contribution in [0.2, 0.25) is 0 Å². The molecule has 0 radical (unpaired) electrons. The van der Waals surface area contributed by atoms with Gasteiger partial charge in [-0.2, -0.15) is 4.98 Å². The van der Waals surface area contributed by atoms with Crippen molar-refractivity contribution < 1.29 is 28.3 Å². The monoisotopic (exact) mass is 370 g/mol. The molecular weight excluding hydrogens is 352 g/mol. The van der Waals surface area contributed by atoms with Crippen molar-refractivity contribution in [1.29, 1.82) is 0 Å². The van der Waals surface area contributed by atoms with Crippen LogP contribution in [0.1, 0.15) is 16.2 Å². The lowest BCUT2D eigenvalue weighted by molar-refractivity contribution is 0.111. The average molecular weight is 370 g/mol. The zero-order valence-electron chi connectivity index (χ0n) is 15.1. The number of rotatable bonds is 8. The molecule has 0 atom stereocenters. The van der Waals surface area contributed by atoms with Crippen LogP contribution in [-0.4, -0.2) is 37.8 Å². The fourth-order valence-electron chi connectivity index (χ4n) is 2.49. The van der Waals surface area contributed by atoms with E-state index in [9.17, 15) is 4.79 Å². The van der Waals surface area contributed by atoms with Gasteiger partial charge in [-0.1, -0.05) is 17.3 Å². The summed E-state index contributed by atoms with van der Waals surface area (Å²) in [4.78, 5) is 15.3. The molecule has 27 heavy (non-hydrogen) atoms.